The van der Waals surface area contributed by atoms with E-state index >= 15 is 0 Å². The summed E-state index contributed by atoms with van der Waals surface area (Å²) in [6, 6.07) is 18.1. The average Bonchev–Trinajstić information content (AvgIpc) is 3.52. The summed E-state index contributed by atoms with van der Waals surface area (Å²) in [5.74, 6) is -0.945. The van der Waals surface area contributed by atoms with E-state index < -0.39 is 32.3 Å². The van der Waals surface area contributed by atoms with Crippen LogP contribution in [0.4, 0.5) is 16.2 Å². The third-order valence-corrected chi connectivity index (χ3v) is 6.65. The molecule has 0 bridgehead atoms. The van der Waals surface area contributed by atoms with Crippen molar-refractivity contribution in [1.82, 2.24) is 5.32 Å². The van der Waals surface area contributed by atoms with Crippen LogP contribution in [0.15, 0.2) is 66.7 Å². The van der Waals surface area contributed by atoms with Crippen molar-refractivity contribution in [3.63, 3.8) is 0 Å². The molecule has 40 heavy (non-hydrogen) atoms. The second kappa shape index (κ2) is 12.3. The molecule has 11 nitrogen and oxygen atoms in total. The van der Waals surface area contributed by atoms with Gasteiger partial charge in [-0.15, -0.1) is 0 Å². The van der Waals surface area contributed by atoms with Gasteiger partial charge in [-0.3, -0.25) is 9.59 Å². The number of hydrogen-bond acceptors (Lipinski definition) is 8. The predicted octanol–water partition coefficient (Wildman–Crippen LogP) is 0.774. The molecule has 0 saturated heterocycles. The Morgan fingerprint density at radius 2 is 1.45 bits per heavy atom. The molecule has 0 saturated carbocycles. The number of alkyl carbamates (subject to hydrolysis) is 1. The molecule has 0 spiro atoms. The molecule has 204 valence electrons. The molecular weight excluding hydrogens is 516 g/mol. The van der Waals surface area contributed by atoms with Gasteiger partial charge in [0.2, 0.25) is 11.8 Å². The number of ether oxygens (including phenoxy) is 1. The van der Waals surface area contributed by atoms with Gasteiger partial charge in [0, 0.05) is 17.8 Å². The molecule has 5 rings (SSSR count). The van der Waals surface area contributed by atoms with E-state index in [9.17, 15) is 24.4 Å². The van der Waals surface area contributed by atoms with E-state index in [1.54, 1.807) is 48.5 Å². The monoisotopic (exact) mass is 543 g/mol. The number of carbonyl (C=O) groups is 3. The van der Waals surface area contributed by atoms with Crippen molar-refractivity contribution in [3.8, 4) is 0 Å². The SMILES string of the molecule is O=C(CC[C@H](NC(=O)OCc1ccccc1)C(=O)Nc1ccc2c(c1)B(O)OC2)Nc1ccc2c(c1)B(O)OC2. The van der Waals surface area contributed by atoms with Gasteiger partial charge in [-0.1, -0.05) is 42.5 Å². The van der Waals surface area contributed by atoms with Gasteiger partial charge >= 0.3 is 20.3 Å². The zero-order valence-electron chi connectivity index (χ0n) is 21.5. The molecule has 5 N–H and O–H groups in total. The number of hydrogen-bond donors (Lipinski definition) is 5. The van der Waals surface area contributed by atoms with Crippen LogP contribution in [0.5, 0.6) is 0 Å². The molecule has 0 unspecified atom stereocenters. The maximum Gasteiger partial charge on any atom is 0.491 e. The average molecular weight is 543 g/mol. The first-order chi connectivity index (χ1) is 19.4. The molecule has 0 aliphatic carbocycles. The fraction of sp³-hybridized carbons (Fsp3) is 0.222. The maximum atomic E-state index is 13.2. The van der Waals surface area contributed by atoms with E-state index in [0.29, 0.717) is 28.9 Å². The highest BCUT2D eigenvalue weighted by atomic mass is 16.5. The quantitative estimate of drug-likeness (QED) is 0.248. The highest BCUT2D eigenvalue weighted by molar-refractivity contribution is 6.62. The van der Waals surface area contributed by atoms with Crippen molar-refractivity contribution >= 4 is 54.4 Å². The van der Waals surface area contributed by atoms with Crippen molar-refractivity contribution in [2.24, 2.45) is 0 Å². The van der Waals surface area contributed by atoms with Crippen LogP contribution in [0.3, 0.4) is 0 Å². The van der Waals surface area contributed by atoms with Crippen molar-refractivity contribution in [1.29, 1.82) is 0 Å². The van der Waals surface area contributed by atoms with Crippen LogP contribution in [0.1, 0.15) is 29.5 Å². The molecule has 0 aromatic heterocycles. The molecule has 3 aromatic carbocycles. The van der Waals surface area contributed by atoms with Gasteiger partial charge in [-0.05, 0) is 58.3 Å². The molecule has 3 aromatic rings. The minimum atomic E-state index is -1.10. The normalized spacial score (nSPS) is 14.2. The number of carbonyl (C=O) groups excluding carboxylic acids is 3. The Bertz CT molecular complexity index is 1410. The summed E-state index contributed by atoms with van der Waals surface area (Å²) in [5.41, 5.74) is 4.45. The van der Waals surface area contributed by atoms with E-state index in [0.717, 1.165) is 16.7 Å². The van der Waals surface area contributed by atoms with Crippen LogP contribution in [-0.2, 0) is 43.5 Å². The Morgan fingerprint density at radius 1 is 0.850 bits per heavy atom. The van der Waals surface area contributed by atoms with Crippen molar-refractivity contribution in [2.75, 3.05) is 10.6 Å². The molecule has 3 amide bonds. The highest BCUT2D eigenvalue weighted by Crippen LogP contribution is 2.17. The second-order valence-corrected chi connectivity index (χ2v) is 9.49. The van der Waals surface area contributed by atoms with E-state index in [-0.39, 0.29) is 32.0 Å². The Morgan fingerprint density at radius 3 is 2.08 bits per heavy atom. The van der Waals surface area contributed by atoms with Crippen molar-refractivity contribution < 1.29 is 38.5 Å². The summed E-state index contributed by atoms with van der Waals surface area (Å²) in [4.78, 5) is 38.5. The van der Waals surface area contributed by atoms with Crippen LogP contribution in [0.2, 0.25) is 0 Å². The Hall–Kier alpha value is -4.16. The van der Waals surface area contributed by atoms with Crippen molar-refractivity contribution in [2.45, 2.75) is 38.7 Å². The lowest BCUT2D eigenvalue weighted by atomic mass is 9.79. The zero-order valence-corrected chi connectivity index (χ0v) is 21.5. The summed E-state index contributed by atoms with van der Waals surface area (Å²) in [6.07, 6.45) is -0.926. The number of anilines is 2. The fourth-order valence-corrected chi connectivity index (χ4v) is 4.49. The van der Waals surface area contributed by atoms with E-state index in [2.05, 4.69) is 16.0 Å². The first-order valence-electron chi connectivity index (χ1n) is 12.8. The molecule has 2 aliphatic heterocycles. The number of nitrogens with one attached hydrogen (secondary N) is 3. The van der Waals surface area contributed by atoms with Crippen LogP contribution in [0.25, 0.3) is 0 Å². The Kier molecular flexibility index (Phi) is 8.46. The maximum absolute atomic E-state index is 13.2. The van der Waals surface area contributed by atoms with Gasteiger partial charge < -0.3 is 40.0 Å². The van der Waals surface area contributed by atoms with Crippen LogP contribution >= 0.6 is 0 Å². The third kappa shape index (κ3) is 6.69. The molecule has 0 fully saturated rings. The summed E-state index contributed by atoms with van der Waals surface area (Å²) in [6.45, 7) is 0.579. The van der Waals surface area contributed by atoms with Crippen LogP contribution in [0, 0.1) is 0 Å². The minimum Gasteiger partial charge on any atom is -0.445 e. The first kappa shape index (κ1) is 27.4. The number of amides is 3. The lowest BCUT2D eigenvalue weighted by molar-refractivity contribution is -0.119. The largest absolute Gasteiger partial charge is 0.491 e. The molecule has 2 heterocycles. The van der Waals surface area contributed by atoms with Gasteiger partial charge in [0.1, 0.15) is 12.6 Å². The van der Waals surface area contributed by atoms with Crippen LogP contribution < -0.4 is 26.9 Å². The molecule has 0 radical (unpaired) electrons. The van der Waals surface area contributed by atoms with E-state index in [1.807, 2.05) is 18.2 Å². The summed E-state index contributed by atoms with van der Waals surface area (Å²) >= 11 is 0. The highest BCUT2D eigenvalue weighted by Gasteiger charge is 2.29. The number of rotatable bonds is 9. The fourth-order valence-electron chi connectivity index (χ4n) is 4.49. The summed E-state index contributed by atoms with van der Waals surface area (Å²) in [7, 11) is -2.12. The standard InChI is InChI=1S/C27H27B2N3O8/c33-25(30-20-8-6-18-15-39-28(36)22(18)12-20)11-10-24(32-27(35)38-14-17-4-2-1-3-5-17)26(34)31-21-9-7-19-16-40-29(37)23(19)13-21/h1-9,12-13,24,36-37H,10-11,14-16H2,(H,30,33)(H,31,34)(H,32,35)/t24-/m0/s1. The summed E-state index contributed by atoms with van der Waals surface area (Å²) in [5, 5.41) is 27.9. The molecule has 2 aliphatic rings. The predicted molar refractivity (Wildman–Crippen MR) is 148 cm³/mol. The van der Waals surface area contributed by atoms with E-state index in [1.165, 1.54) is 0 Å². The van der Waals surface area contributed by atoms with Gasteiger partial charge in [0.05, 0.1) is 13.2 Å². The van der Waals surface area contributed by atoms with Gasteiger partial charge in [0.25, 0.3) is 0 Å². The van der Waals surface area contributed by atoms with Gasteiger partial charge in [0.15, 0.2) is 0 Å². The number of fused-ring (bicyclic) bond motifs is 2. The van der Waals surface area contributed by atoms with Gasteiger partial charge in [-0.2, -0.15) is 0 Å². The second-order valence-electron chi connectivity index (χ2n) is 9.49. The van der Waals surface area contributed by atoms with Crippen LogP contribution in [-0.4, -0.2) is 48.2 Å². The lowest BCUT2D eigenvalue weighted by Gasteiger charge is -2.19. The Labute approximate surface area is 231 Å². The molecule has 1 atom stereocenters. The topological polar surface area (TPSA) is 155 Å². The number of benzene rings is 3. The smallest absolute Gasteiger partial charge is 0.445 e. The molecule has 13 heteroatoms. The van der Waals surface area contributed by atoms with Crippen molar-refractivity contribution in [3.05, 3.63) is 83.4 Å². The molecular formula is C27H27B2N3O8. The third-order valence-electron chi connectivity index (χ3n) is 6.65. The first-order valence-corrected chi connectivity index (χ1v) is 12.8. The van der Waals surface area contributed by atoms with Gasteiger partial charge in [-0.25, -0.2) is 4.79 Å². The van der Waals surface area contributed by atoms with E-state index in [4.69, 9.17) is 14.0 Å². The summed E-state index contributed by atoms with van der Waals surface area (Å²) < 4.78 is 15.6. The lowest BCUT2D eigenvalue weighted by Crippen LogP contribution is -2.44. The zero-order chi connectivity index (χ0) is 28.1. The Balaban J connectivity index is 1.22. The minimum absolute atomic E-state index is 0.0120.